The minimum absolute atomic E-state index is 0.766. The van der Waals surface area contributed by atoms with E-state index in [9.17, 15) is 0 Å². The number of nitrogens with one attached hydrogen (secondary N) is 1. The zero-order chi connectivity index (χ0) is 17.2. The number of imidazole rings is 1. The van der Waals surface area contributed by atoms with Crippen molar-refractivity contribution in [1.82, 2.24) is 9.38 Å². The van der Waals surface area contributed by atoms with E-state index in [0.29, 0.717) is 0 Å². The first-order valence-electron chi connectivity index (χ1n) is 8.55. The highest BCUT2D eigenvalue weighted by molar-refractivity contribution is 5.77. The Hall–Kier alpha value is -3.07. The van der Waals surface area contributed by atoms with Gasteiger partial charge in [-0.1, -0.05) is 66.2 Å². The summed E-state index contributed by atoms with van der Waals surface area (Å²) in [5, 5.41) is 3.61. The third-order valence-corrected chi connectivity index (χ3v) is 4.47. The van der Waals surface area contributed by atoms with Crippen molar-refractivity contribution in [2.75, 3.05) is 5.32 Å². The van der Waals surface area contributed by atoms with Gasteiger partial charge >= 0.3 is 0 Å². The Morgan fingerprint density at radius 1 is 0.840 bits per heavy atom. The van der Waals surface area contributed by atoms with Gasteiger partial charge in [-0.15, -0.1) is 0 Å². The summed E-state index contributed by atoms with van der Waals surface area (Å²) in [6.07, 6.45) is 0. The van der Waals surface area contributed by atoms with E-state index in [4.69, 9.17) is 4.98 Å². The van der Waals surface area contributed by atoms with Crippen LogP contribution >= 0.6 is 0 Å². The van der Waals surface area contributed by atoms with Crippen molar-refractivity contribution in [3.05, 3.63) is 89.6 Å². The summed E-state index contributed by atoms with van der Waals surface area (Å²) in [6.45, 7) is 4.98. The lowest BCUT2D eigenvalue weighted by Gasteiger charge is -2.11. The molecule has 0 bridgehead atoms. The van der Waals surface area contributed by atoms with Crippen LogP contribution in [0.15, 0.2) is 72.8 Å². The molecule has 0 radical (unpaired) electrons. The molecule has 0 saturated carbocycles. The van der Waals surface area contributed by atoms with E-state index in [2.05, 4.69) is 90.3 Å². The van der Waals surface area contributed by atoms with Crippen LogP contribution in [0.4, 0.5) is 5.82 Å². The molecule has 124 valence electrons. The van der Waals surface area contributed by atoms with Crippen molar-refractivity contribution in [2.24, 2.45) is 0 Å². The summed E-state index contributed by atoms with van der Waals surface area (Å²) in [6, 6.07) is 25.2. The molecule has 4 aromatic rings. The number of hydrogen-bond acceptors (Lipinski definition) is 2. The van der Waals surface area contributed by atoms with Crippen LogP contribution in [0.1, 0.15) is 16.8 Å². The minimum atomic E-state index is 0.766. The van der Waals surface area contributed by atoms with Gasteiger partial charge < -0.3 is 5.32 Å². The highest BCUT2D eigenvalue weighted by atomic mass is 15.1. The van der Waals surface area contributed by atoms with Crippen LogP contribution in [-0.4, -0.2) is 9.38 Å². The van der Waals surface area contributed by atoms with E-state index in [1.54, 1.807) is 0 Å². The first-order valence-corrected chi connectivity index (χ1v) is 8.55. The molecule has 0 spiro atoms. The molecule has 0 fully saturated rings. The van der Waals surface area contributed by atoms with Crippen LogP contribution in [0.2, 0.25) is 0 Å². The number of benzene rings is 2. The molecule has 3 heteroatoms. The number of anilines is 1. The van der Waals surface area contributed by atoms with Crippen LogP contribution in [0.5, 0.6) is 0 Å². The van der Waals surface area contributed by atoms with Gasteiger partial charge in [0, 0.05) is 17.8 Å². The predicted molar refractivity (Wildman–Crippen MR) is 104 cm³/mol. The second kappa shape index (κ2) is 6.44. The van der Waals surface area contributed by atoms with Crippen molar-refractivity contribution in [3.63, 3.8) is 0 Å². The zero-order valence-electron chi connectivity index (χ0n) is 14.5. The number of nitrogens with zero attached hydrogens (tertiary/aromatic N) is 2. The predicted octanol–water partition coefficient (Wildman–Crippen LogP) is 5.23. The Morgan fingerprint density at radius 2 is 1.60 bits per heavy atom. The first kappa shape index (κ1) is 15.5. The van der Waals surface area contributed by atoms with Crippen LogP contribution < -0.4 is 5.32 Å². The van der Waals surface area contributed by atoms with E-state index in [0.717, 1.165) is 29.3 Å². The minimum Gasteiger partial charge on any atom is -0.365 e. The number of aryl methyl sites for hydroxylation is 2. The molecule has 2 aromatic carbocycles. The lowest BCUT2D eigenvalue weighted by molar-refractivity contribution is 1.05. The molecule has 2 heterocycles. The number of rotatable bonds is 4. The van der Waals surface area contributed by atoms with Crippen LogP contribution in [0, 0.1) is 13.8 Å². The summed E-state index contributed by atoms with van der Waals surface area (Å²) in [5.74, 6) is 1.04. The van der Waals surface area contributed by atoms with Gasteiger partial charge in [0.2, 0.25) is 0 Å². The van der Waals surface area contributed by atoms with Crippen LogP contribution in [0.3, 0.4) is 0 Å². The normalized spacial score (nSPS) is 11.0. The van der Waals surface area contributed by atoms with E-state index < -0.39 is 0 Å². The van der Waals surface area contributed by atoms with Gasteiger partial charge in [0.15, 0.2) is 0 Å². The molecule has 1 N–H and O–H groups in total. The van der Waals surface area contributed by atoms with Gasteiger partial charge in [-0.2, -0.15) is 0 Å². The molecule has 0 saturated heterocycles. The SMILES string of the molecule is Cc1ccc(-c2nc3cccc(C)n3c2NCc2ccccc2)cc1. The van der Waals surface area contributed by atoms with E-state index in [1.165, 1.54) is 16.8 Å². The molecule has 4 rings (SSSR count). The summed E-state index contributed by atoms with van der Waals surface area (Å²) >= 11 is 0. The number of aromatic nitrogens is 2. The molecule has 0 aliphatic rings. The van der Waals surface area contributed by atoms with Gasteiger partial charge in [-0.25, -0.2) is 4.98 Å². The summed E-state index contributed by atoms with van der Waals surface area (Å²) in [5.41, 5.74) is 6.75. The Kier molecular flexibility index (Phi) is 3.98. The molecule has 0 amide bonds. The maximum atomic E-state index is 4.89. The van der Waals surface area contributed by atoms with Gasteiger partial charge in [-0.05, 0) is 31.5 Å². The maximum absolute atomic E-state index is 4.89. The van der Waals surface area contributed by atoms with Gasteiger partial charge in [0.05, 0.1) is 0 Å². The van der Waals surface area contributed by atoms with E-state index in [1.807, 2.05) is 6.07 Å². The lowest BCUT2D eigenvalue weighted by atomic mass is 10.1. The summed E-state index contributed by atoms with van der Waals surface area (Å²) in [7, 11) is 0. The molecular weight excluding hydrogens is 306 g/mol. The average Bonchev–Trinajstić information content (AvgIpc) is 3.01. The highest BCUT2D eigenvalue weighted by Gasteiger charge is 2.15. The van der Waals surface area contributed by atoms with Crippen molar-refractivity contribution >= 4 is 11.5 Å². The number of hydrogen-bond donors (Lipinski definition) is 1. The van der Waals surface area contributed by atoms with Crippen molar-refractivity contribution in [3.8, 4) is 11.3 Å². The lowest BCUT2D eigenvalue weighted by Crippen LogP contribution is -2.04. The standard InChI is InChI=1S/C22H21N3/c1-16-11-13-19(14-12-16)21-22(23-15-18-8-4-3-5-9-18)25-17(2)7-6-10-20(25)24-21/h3-14,23H,15H2,1-2H3. The Bertz CT molecular complexity index is 999. The summed E-state index contributed by atoms with van der Waals surface area (Å²) in [4.78, 5) is 4.89. The Morgan fingerprint density at radius 3 is 2.36 bits per heavy atom. The van der Waals surface area contributed by atoms with Crippen molar-refractivity contribution in [1.29, 1.82) is 0 Å². The fourth-order valence-corrected chi connectivity index (χ4v) is 3.11. The Labute approximate surface area is 148 Å². The maximum Gasteiger partial charge on any atom is 0.139 e. The number of pyridine rings is 1. The Balaban J connectivity index is 1.81. The van der Waals surface area contributed by atoms with Crippen molar-refractivity contribution < 1.29 is 0 Å². The molecule has 0 aliphatic heterocycles. The molecule has 0 aliphatic carbocycles. The second-order valence-electron chi connectivity index (χ2n) is 6.37. The molecule has 2 aromatic heterocycles. The molecule has 0 atom stereocenters. The molecule has 3 nitrogen and oxygen atoms in total. The molecular formula is C22H21N3. The topological polar surface area (TPSA) is 29.3 Å². The molecule has 0 unspecified atom stereocenters. The average molecular weight is 327 g/mol. The zero-order valence-corrected chi connectivity index (χ0v) is 14.5. The van der Waals surface area contributed by atoms with E-state index in [-0.39, 0.29) is 0 Å². The third kappa shape index (κ3) is 3.01. The first-order chi connectivity index (χ1) is 12.2. The smallest absolute Gasteiger partial charge is 0.139 e. The van der Waals surface area contributed by atoms with Crippen LogP contribution in [0.25, 0.3) is 16.9 Å². The summed E-state index contributed by atoms with van der Waals surface area (Å²) < 4.78 is 2.19. The van der Waals surface area contributed by atoms with Gasteiger partial charge in [-0.3, -0.25) is 4.40 Å². The fourth-order valence-electron chi connectivity index (χ4n) is 3.11. The monoisotopic (exact) mass is 327 g/mol. The second-order valence-corrected chi connectivity index (χ2v) is 6.37. The van der Waals surface area contributed by atoms with Crippen molar-refractivity contribution in [2.45, 2.75) is 20.4 Å². The fraction of sp³-hybridized carbons (Fsp3) is 0.136. The van der Waals surface area contributed by atoms with Gasteiger partial charge in [0.1, 0.15) is 17.2 Å². The molecule has 25 heavy (non-hydrogen) atoms. The third-order valence-electron chi connectivity index (χ3n) is 4.47. The van der Waals surface area contributed by atoms with E-state index >= 15 is 0 Å². The van der Waals surface area contributed by atoms with Gasteiger partial charge in [0.25, 0.3) is 0 Å². The quantitative estimate of drug-likeness (QED) is 0.556. The largest absolute Gasteiger partial charge is 0.365 e. The van der Waals surface area contributed by atoms with Crippen LogP contribution in [-0.2, 0) is 6.54 Å². The highest BCUT2D eigenvalue weighted by Crippen LogP contribution is 2.30. The number of fused-ring (bicyclic) bond motifs is 1.